The van der Waals surface area contributed by atoms with Gasteiger partial charge in [0.1, 0.15) is 0 Å². The molecule has 0 nitrogen and oxygen atoms in total. The smallest absolute Gasteiger partial charge is 0.0662 e. The lowest BCUT2D eigenvalue weighted by atomic mass is 10.4. The van der Waals surface area contributed by atoms with E-state index in [9.17, 15) is 0 Å². The zero-order valence-corrected chi connectivity index (χ0v) is 12.9. The van der Waals surface area contributed by atoms with E-state index in [2.05, 4.69) is 74.1 Å². The molecule has 0 radical (unpaired) electrons. The summed E-state index contributed by atoms with van der Waals surface area (Å²) in [6, 6.07) is 23.7. The molecule has 0 spiro atoms. The Morgan fingerprint density at radius 3 is 1.71 bits per heavy atom. The van der Waals surface area contributed by atoms with Gasteiger partial charge >= 0.3 is 0 Å². The molecule has 0 bridgehead atoms. The molecule has 2 aromatic rings. The van der Waals surface area contributed by atoms with Gasteiger partial charge in [0.15, 0.2) is 0 Å². The van der Waals surface area contributed by atoms with Crippen LogP contribution in [0.1, 0.15) is 6.92 Å². The molecule has 17 heavy (non-hydrogen) atoms. The van der Waals surface area contributed by atoms with Crippen molar-refractivity contribution in [3.63, 3.8) is 0 Å². The van der Waals surface area contributed by atoms with Gasteiger partial charge in [0.05, 0.1) is 16.6 Å². The summed E-state index contributed by atoms with van der Waals surface area (Å²) in [6.07, 6.45) is 0. The van der Waals surface area contributed by atoms with Crippen LogP contribution in [0.25, 0.3) is 0 Å². The number of hydrogen-bond acceptors (Lipinski definition) is 0. The second-order valence-electron chi connectivity index (χ2n) is 4.62. The van der Waals surface area contributed by atoms with E-state index in [0.29, 0.717) is 0 Å². The van der Waals surface area contributed by atoms with Gasteiger partial charge < -0.3 is 0 Å². The molecule has 88 valence electrons. The first-order valence-corrected chi connectivity index (χ1v) is 12.2. The Morgan fingerprint density at radius 2 is 1.24 bits per heavy atom. The summed E-state index contributed by atoms with van der Waals surface area (Å²) < 4.78 is 0. The second-order valence-corrected chi connectivity index (χ2v) is 15.0. The maximum Gasteiger partial charge on any atom is 0.0662 e. The van der Waals surface area contributed by atoms with E-state index in [4.69, 9.17) is 0 Å². The van der Waals surface area contributed by atoms with Crippen LogP contribution in [0.15, 0.2) is 60.7 Å². The van der Waals surface area contributed by atoms with Crippen LogP contribution in [0, 0.1) is 0 Å². The molecule has 0 fully saturated rings. The standard InChI is InChI=1S/C15H20Si2/c1-3-17(15-12-8-5-9-13-15)16(2)14-10-6-4-7-11-14/h4-13,16-17H,3H2,1-2H3. The summed E-state index contributed by atoms with van der Waals surface area (Å²) in [7, 11) is -1.52. The van der Waals surface area contributed by atoms with Gasteiger partial charge in [-0.2, -0.15) is 0 Å². The first-order chi connectivity index (χ1) is 8.33. The maximum absolute atomic E-state index is 2.53. The van der Waals surface area contributed by atoms with E-state index in [1.165, 1.54) is 6.04 Å². The summed E-state index contributed by atoms with van der Waals surface area (Å²) >= 11 is 0. The molecule has 0 saturated heterocycles. The molecule has 0 aromatic heterocycles. The topological polar surface area (TPSA) is 0 Å². The zero-order chi connectivity index (χ0) is 12.1. The lowest BCUT2D eigenvalue weighted by Gasteiger charge is -2.20. The molecule has 0 saturated carbocycles. The first-order valence-electron chi connectivity index (χ1n) is 6.42. The average molecular weight is 256 g/mol. The Bertz CT molecular complexity index is 439. The minimum absolute atomic E-state index is 0.753. The third-order valence-corrected chi connectivity index (χ3v) is 15.7. The van der Waals surface area contributed by atoms with Gasteiger partial charge in [0.25, 0.3) is 0 Å². The Labute approximate surface area is 107 Å². The Hall–Kier alpha value is -1.13. The Kier molecular flexibility index (Phi) is 4.34. The van der Waals surface area contributed by atoms with Crippen molar-refractivity contribution in [1.82, 2.24) is 0 Å². The summed E-state index contributed by atoms with van der Waals surface area (Å²) in [6.45, 7) is 4.90. The highest BCUT2D eigenvalue weighted by Crippen LogP contribution is 2.01. The molecule has 0 N–H and O–H groups in total. The molecule has 0 aliphatic rings. The summed E-state index contributed by atoms with van der Waals surface area (Å²) in [5.74, 6) is 0. The van der Waals surface area contributed by atoms with Crippen molar-refractivity contribution in [3.8, 4) is 0 Å². The predicted octanol–water partition coefficient (Wildman–Crippen LogP) is 1.98. The minimum Gasteiger partial charge on any atom is -0.0699 e. The summed E-state index contributed by atoms with van der Waals surface area (Å²) in [5, 5.41) is 3.29. The fraction of sp³-hybridized carbons (Fsp3) is 0.200. The normalized spacial score (nSPS) is 14.2. The van der Waals surface area contributed by atoms with Crippen molar-refractivity contribution in [2.24, 2.45) is 0 Å². The van der Waals surface area contributed by atoms with E-state index in [0.717, 1.165) is 0 Å². The van der Waals surface area contributed by atoms with Gasteiger partial charge in [-0.15, -0.1) is 0 Å². The van der Waals surface area contributed by atoms with Gasteiger partial charge in [-0.3, -0.25) is 0 Å². The highest BCUT2D eigenvalue weighted by Gasteiger charge is 2.21. The van der Waals surface area contributed by atoms with Crippen LogP contribution < -0.4 is 10.4 Å². The summed E-state index contributed by atoms with van der Waals surface area (Å²) in [5.41, 5.74) is 0. The molecular formula is C15H20Si2. The van der Waals surface area contributed by atoms with Crippen LogP contribution >= 0.6 is 0 Å². The SMILES string of the molecule is CC[SiH](c1ccccc1)[SiH](C)c1ccccc1. The molecule has 0 aliphatic heterocycles. The lowest BCUT2D eigenvalue weighted by Crippen LogP contribution is -2.50. The molecule has 2 atom stereocenters. The molecule has 2 heteroatoms. The van der Waals surface area contributed by atoms with Gasteiger partial charge in [-0.25, -0.2) is 0 Å². The van der Waals surface area contributed by atoms with E-state index >= 15 is 0 Å². The first kappa shape index (κ1) is 12.3. The molecule has 2 aromatic carbocycles. The minimum atomic E-state index is -0.763. The molecule has 0 heterocycles. The van der Waals surface area contributed by atoms with Crippen molar-refractivity contribution in [1.29, 1.82) is 0 Å². The van der Waals surface area contributed by atoms with Crippen LogP contribution in [-0.2, 0) is 0 Å². The largest absolute Gasteiger partial charge is 0.0699 e. The molecule has 2 rings (SSSR count). The van der Waals surface area contributed by atoms with Gasteiger partial charge in [-0.1, -0.05) is 90.6 Å². The molecule has 2 unspecified atom stereocenters. The quantitative estimate of drug-likeness (QED) is 0.734. The zero-order valence-electron chi connectivity index (χ0n) is 10.6. The van der Waals surface area contributed by atoms with Crippen LogP contribution in [0.5, 0.6) is 0 Å². The molecule has 0 amide bonds. The van der Waals surface area contributed by atoms with Gasteiger partial charge in [0, 0.05) is 0 Å². The predicted molar refractivity (Wildman–Crippen MR) is 82.8 cm³/mol. The van der Waals surface area contributed by atoms with Crippen molar-refractivity contribution >= 4 is 27.0 Å². The monoisotopic (exact) mass is 256 g/mol. The van der Waals surface area contributed by atoms with Crippen LogP contribution in [0.2, 0.25) is 12.6 Å². The fourth-order valence-electron chi connectivity index (χ4n) is 2.57. The van der Waals surface area contributed by atoms with Crippen molar-refractivity contribution < 1.29 is 0 Å². The Balaban J connectivity index is 2.25. The van der Waals surface area contributed by atoms with Crippen LogP contribution in [-0.4, -0.2) is 16.6 Å². The van der Waals surface area contributed by atoms with Gasteiger partial charge in [0.2, 0.25) is 0 Å². The van der Waals surface area contributed by atoms with Crippen molar-refractivity contribution in [2.45, 2.75) is 19.5 Å². The third-order valence-electron chi connectivity index (χ3n) is 3.60. The molecular weight excluding hydrogens is 236 g/mol. The second kappa shape index (κ2) is 5.98. The van der Waals surface area contributed by atoms with E-state index in [-0.39, 0.29) is 0 Å². The highest BCUT2D eigenvalue weighted by atomic mass is 29.2. The number of hydrogen-bond donors (Lipinski definition) is 0. The van der Waals surface area contributed by atoms with E-state index < -0.39 is 16.6 Å². The third kappa shape index (κ3) is 2.96. The molecule has 0 aliphatic carbocycles. The lowest BCUT2D eigenvalue weighted by molar-refractivity contribution is 1.45. The van der Waals surface area contributed by atoms with Crippen LogP contribution in [0.3, 0.4) is 0 Å². The number of benzene rings is 2. The van der Waals surface area contributed by atoms with Crippen molar-refractivity contribution in [3.05, 3.63) is 60.7 Å². The van der Waals surface area contributed by atoms with E-state index in [1.54, 1.807) is 10.4 Å². The summed E-state index contributed by atoms with van der Waals surface area (Å²) in [4.78, 5) is 0. The maximum atomic E-state index is 2.53. The average Bonchev–Trinajstić information content (AvgIpc) is 2.42. The number of rotatable bonds is 4. The highest BCUT2D eigenvalue weighted by molar-refractivity contribution is 7.32. The Morgan fingerprint density at radius 1 is 0.765 bits per heavy atom. The van der Waals surface area contributed by atoms with Gasteiger partial charge in [-0.05, 0) is 0 Å². The fourth-order valence-corrected chi connectivity index (χ4v) is 12.9. The van der Waals surface area contributed by atoms with Crippen molar-refractivity contribution in [2.75, 3.05) is 0 Å². The van der Waals surface area contributed by atoms with E-state index in [1.807, 2.05) is 0 Å². The van der Waals surface area contributed by atoms with Crippen LogP contribution in [0.4, 0.5) is 0 Å².